The van der Waals surface area contributed by atoms with Crippen molar-refractivity contribution in [2.75, 3.05) is 13.7 Å². The third-order valence-electron chi connectivity index (χ3n) is 7.22. The van der Waals surface area contributed by atoms with Crippen LogP contribution in [-0.4, -0.2) is 47.6 Å². The zero-order chi connectivity index (χ0) is 25.2. The van der Waals surface area contributed by atoms with Gasteiger partial charge in [-0.2, -0.15) is 0 Å². The number of carbonyl (C=O) groups is 2. The summed E-state index contributed by atoms with van der Waals surface area (Å²) in [5.74, 6) is 2.01. The van der Waals surface area contributed by atoms with Gasteiger partial charge in [-0.3, -0.25) is 14.6 Å². The summed E-state index contributed by atoms with van der Waals surface area (Å²) in [6, 6.07) is 8.07. The van der Waals surface area contributed by atoms with Crippen molar-refractivity contribution in [2.24, 2.45) is 5.92 Å². The van der Waals surface area contributed by atoms with Gasteiger partial charge in [-0.15, -0.1) is 0 Å². The van der Waals surface area contributed by atoms with Crippen molar-refractivity contribution in [2.45, 2.75) is 64.5 Å². The number of hydrogen-bond donors (Lipinski definition) is 3. The van der Waals surface area contributed by atoms with Gasteiger partial charge in [0, 0.05) is 48.1 Å². The molecule has 8 nitrogen and oxygen atoms in total. The largest absolute Gasteiger partial charge is 0.497 e. The molecule has 3 N–H and O–H groups in total. The van der Waals surface area contributed by atoms with Crippen LogP contribution < -0.4 is 20.1 Å². The van der Waals surface area contributed by atoms with Crippen molar-refractivity contribution in [3.8, 4) is 22.6 Å². The molecule has 2 heterocycles. The number of fused-ring (bicyclic) bond motifs is 1. The molecule has 0 bridgehead atoms. The van der Waals surface area contributed by atoms with Gasteiger partial charge < -0.3 is 25.1 Å². The smallest absolute Gasteiger partial charge is 0.255 e. The van der Waals surface area contributed by atoms with Crippen LogP contribution >= 0.6 is 0 Å². The number of amides is 2. The lowest BCUT2D eigenvalue weighted by molar-refractivity contribution is -0.119. The van der Waals surface area contributed by atoms with Crippen LogP contribution in [0.3, 0.4) is 0 Å². The number of pyridine rings is 1. The summed E-state index contributed by atoms with van der Waals surface area (Å²) < 4.78 is 11.6. The second-order valence-electron chi connectivity index (χ2n) is 10.0. The number of H-pyrrole nitrogens is 1. The van der Waals surface area contributed by atoms with E-state index in [0.29, 0.717) is 23.6 Å². The molecule has 8 heteroatoms. The Morgan fingerprint density at radius 3 is 2.42 bits per heavy atom. The number of nitrogens with zero attached hydrogens (tertiary/aromatic N) is 1. The van der Waals surface area contributed by atoms with Crippen molar-refractivity contribution >= 4 is 22.8 Å². The van der Waals surface area contributed by atoms with Gasteiger partial charge in [0.15, 0.2) is 0 Å². The van der Waals surface area contributed by atoms with Gasteiger partial charge in [0.05, 0.1) is 24.8 Å². The molecule has 5 rings (SSSR count). The summed E-state index contributed by atoms with van der Waals surface area (Å²) in [7, 11) is 1.65. The van der Waals surface area contributed by atoms with E-state index in [-0.39, 0.29) is 23.9 Å². The Kier molecular flexibility index (Phi) is 6.85. The molecule has 190 valence electrons. The average Bonchev–Trinajstić information content (AvgIpc) is 3.63. The van der Waals surface area contributed by atoms with E-state index in [0.717, 1.165) is 59.5 Å². The highest BCUT2D eigenvalue weighted by Gasteiger charge is 2.27. The van der Waals surface area contributed by atoms with Crippen LogP contribution in [0.2, 0.25) is 0 Å². The summed E-state index contributed by atoms with van der Waals surface area (Å²) in [5, 5.41) is 6.18. The minimum Gasteiger partial charge on any atom is -0.497 e. The topological polar surface area (TPSA) is 105 Å². The quantitative estimate of drug-likeness (QED) is 0.431. The lowest BCUT2D eigenvalue weighted by Crippen LogP contribution is -2.43. The van der Waals surface area contributed by atoms with E-state index in [1.165, 1.54) is 12.8 Å². The number of aryl methyl sites for hydroxylation is 1. The van der Waals surface area contributed by atoms with Gasteiger partial charge in [0.2, 0.25) is 5.91 Å². The molecule has 2 fully saturated rings. The first kappa shape index (κ1) is 24.2. The highest BCUT2D eigenvalue weighted by molar-refractivity contribution is 6.09. The Morgan fingerprint density at radius 1 is 1.03 bits per heavy atom. The molecule has 0 atom stereocenters. The van der Waals surface area contributed by atoms with Gasteiger partial charge >= 0.3 is 0 Å². The number of benzene rings is 1. The lowest BCUT2D eigenvalue weighted by Gasteiger charge is -2.29. The molecule has 1 aromatic carbocycles. The molecular weight excluding hydrogens is 456 g/mol. The second-order valence-corrected chi connectivity index (χ2v) is 10.0. The fraction of sp³-hybridized carbons (Fsp3) is 0.464. The fourth-order valence-corrected chi connectivity index (χ4v) is 5.10. The molecule has 2 amide bonds. The highest BCUT2D eigenvalue weighted by Crippen LogP contribution is 2.39. The predicted octanol–water partition coefficient (Wildman–Crippen LogP) is 4.51. The van der Waals surface area contributed by atoms with E-state index >= 15 is 0 Å². The first-order valence-electron chi connectivity index (χ1n) is 12.8. The zero-order valence-corrected chi connectivity index (χ0v) is 21.1. The molecule has 0 radical (unpaired) electrons. The molecular formula is C28H34N4O4. The minimum atomic E-state index is -0.119. The van der Waals surface area contributed by atoms with Gasteiger partial charge in [0.1, 0.15) is 17.0 Å². The first-order chi connectivity index (χ1) is 17.4. The van der Waals surface area contributed by atoms with E-state index in [9.17, 15) is 9.59 Å². The van der Waals surface area contributed by atoms with Crippen molar-refractivity contribution in [1.82, 2.24) is 20.6 Å². The number of hydrogen-bond acceptors (Lipinski definition) is 5. The molecule has 0 spiro atoms. The number of nitrogens with one attached hydrogen (secondary N) is 3. The fourth-order valence-electron chi connectivity index (χ4n) is 5.10. The maximum atomic E-state index is 13.4. The van der Waals surface area contributed by atoms with E-state index < -0.39 is 0 Å². The van der Waals surface area contributed by atoms with Crippen LogP contribution in [0.4, 0.5) is 0 Å². The van der Waals surface area contributed by atoms with Gasteiger partial charge in [0.25, 0.3) is 5.91 Å². The number of rotatable bonds is 8. The third kappa shape index (κ3) is 5.17. The maximum Gasteiger partial charge on any atom is 0.255 e. The van der Waals surface area contributed by atoms with Crippen LogP contribution in [-0.2, 0) is 4.79 Å². The van der Waals surface area contributed by atoms with E-state index in [1.807, 2.05) is 31.2 Å². The van der Waals surface area contributed by atoms with E-state index in [2.05, 4.69) is 20.6 Å². The van der Waals surface area contributed by atoms with Crippen molar-refractivity contribution < 1.29 is 19.1 Å². The molecule has 0 aliphatic heterocycles. The van der Waals surface area contributed by atoms with E-state index in [4.69, 9.17) is 9.47 Å². The predicted molar refractivity (Wildman–Crippen MR) is 138 cm³/mol. The van der Waals surface area contributed by atoms with Gasteiger partial charge in [-0.05, 0) is 69.6 Å². The Morgan fingerprint density at radius 2 is 1.75 bits per heavy atom. The molecule has 0 saturated heterocycles. The Labute approximate surface area is 211 Å². The lowest BCUT2D eigenvalue weighted by atomic mass is 9.91. The number of ether oxygens (including phenoxy) is 2. The third-order valence-corrected chi connectivity index (χ3v) is 7.22. The van der Waals surface area contributed by atoms with Crippen LogP contribution in [0, 0.1) is 12.8 Å². The Bertz CT molecular complexity index is 1270. The molecule has 36 heavy (non-hydrogen) atoms. The molecule has 3 aromatic rings. The zero-order valence-electron chi connectivity index (χ0n) is 21.1. The number of carbonyl (C=O) groups excluding carboxylic acids is 2. The summed E-state index contributed by atoms with van der Waals surface area (Å²) in [6.45, 7) is 4.14. The van der Waals surface area contributed by atoms with Gasteiger partial charge in [-0.25, -0.2) is 0 Å². The highest BCUT2D eigenvalue weighted by atomic mass is 16.5. The second kappa shape index (κ2) is 10.2. The number of aromatic nitrogens is 2. The Hall–Kier alpha value is -3.55. The monoisotopic (exact) mass is 490 g/mol. The first-order valence-corrected chi connectivity index (χ1v) is 12.8. The normalized spacial score (nSPS) is 19.6. The van der Waals surface area contributed by atoms with Crippen molar-refractivity contribution in [3.05, 3.63) is 41.7 Å². The molecule has 2 aliphatic rings. The van der Waals surface area contributed by atoms with Crippen molar-refractivity contribution in [1.29, 1.82) is 0 Å². The van der Waals surface area contributed by atoms with Crippen LogP contribution in [0.15, 0.2) is 30.5 Å². The van der Waals surface area contributed by atoms with Gasteiger partial charge in [-0.1, -0.05) is 0 Å². The van der Waals surface area contributed by atoms with Crippen LogP contribution in [0.5, 0.6) is 11.5 Å². The SMILES string of the molecule is COc1ccc(-c2ccnc3c(C(=O)N[C@H]4CC[C@@H](NC(C)=O)CC4)c(C)[nH]c23)c(OCC2CC2)c1. The Balaban J connectivity index is 1.40. The number of aromatic amines is 1. The maximum absolute atomic E-state index is 13.4. The summed E-state index contributed by atoms with van der Waals surface area (Å²) >= 11 is 0. The van der Waals surface area contributed by atoms with Crippen molar-refractivity contribution in [3.63, 3.8) is 0 Å². The summed E-state index contributed by atoms with van der Waals surface area (Å²) in [5.41, 5.74) is 4.70. The molecule has 2 aromatic heterocycles. The average molecular weight is 491 g/mol. The minimum absolute atomic E-state index is 0.00302. The molecule has 2 aliphatic carbocycles. The summed E-state index contributed by atoms with van der Waals surface area (Å²) in [6.07, 6.45) is 7.57. The standard InChI is InChI=1S/C28H34N4O4/c1-16-25(28(34)32-20-8-6-19(7-9-20)31-17(2)33)27-26(30-16)23(12-13-29-27)22-11-10-21(35-3)14-24(22)36-15-18-4-5-18/h10-14,18-20,30H,4-9,15H2,1-3H3,(H,31,33)(H,32,34)/t19-,20+. The van der Waals surface area contributed by atoms with Crippen LogP contribution in [0.1, 0.15) is 61.5 Å². The summed E-state index contributed by atoms with van der Waals surface area (Å²) in [4.78, 5) is 32.7. The molecule has 2 saturated carbocycles. The molecule has 0 unspecified atom stereocenters. The van der Waals surface area contributed by atoms with Crippen LogP contribution in [0.25, 0.3) is 22.2 Å². The van der Waals surface area contributed by atoms with E-state index in [1.54, 1.807) is 20.2 Å². The number of methoxy groups -OCH3 is 1.